The lowest BCUT2D eigenvalue weighted by atomic mass is 10.0. The maximum Gasteiger partial charge on any atom is 0.573 e. The number of aromatic nitrogens is 3. The van der Waals surface area contributed by atoms with Crippen LogP contribution in [-0.2, 0) is 0 Å². The van der Waals surface area contributed by atoms with Crippen molar-refractivity contribution < 1.29 is 27.5 Å². The maximum absolute atomic E-state index is 13.0. The number of nitrogens with zero attached hydrogens (tertiary/aromatic N) is 4. The number of benzene rings is 1. The molecular formula is C23H22F3N5O3S. The second-order valence-corrected chi connectivity index (χ2v) is 9.36. The molecule has 2 heterocycles. The van der Waals surface area contributed by atoms with Crippen LogP contribution in [0.15, 0.2) is 36.8 Å². The van der Waals surface area contributed by atoms with Crippen molar-refractivity contribution in [2.45, 2.75) is 38.1 Å². The molecule has 4 rings (SSSR count). The fourth-order valence-corrected chi connectivity index (χ4v) is 4.42. The number of carbonyl (C=O) groups excluding carboxylic acids is 2. The Hall–Kier alpha value is -3.54. The first-order valence-electron chi connectivity index (χ1n) is 10.7. The van der Waals surface area contributed by atoms with Crippen molar-refractivity contribution in [1.82, 2.24) is 25.2 Å². The molecule has 8 nitrogen and oxygen atoms in total. The van der Waals surface area contributed by atoms with Gasteiger partial charge < -0.3 is 15.0 Å². The number of rotatable bonds is 7. The lowest BCUT2D eigenvalue weighted by Crippen LogP contribution is -2.28. The second kappa shape index (κ2) is 9.61. The normalized spacial score (nSPS) is 14.3. The Labute approximate surface area is 203 Å². The number of thiazole rings is 1. The van der Waals surface area contributed by atoms with Crippen molar-refractivity contribution in [3.05, 3.63) is 58.5 Å². The van der Waals surface area contributed by atoms with Crippen molar-refractivity contribution in [3.63, 3.8) is 0 Å². The summed E-state index contributed by atoms with van der Waals surface area (Å²) in [5.41, 5.74) is 1.49. The van der Waals surface area contributed by atoms with Gasteiger partial charge in [0.05, 0.1) is 17.9 Å². The molecule has 0 aliphatic heterocycles. The van der Waals surface area contributed by atoms with Crippen LogP contribution >= 0.6 is 11.3 Å². The minimum atomic E-state index is -4.86. The van der Waals surface area contributed by atoms with Gasteiger partial charge in [-0.1, -0.05) is 0 Å². The van der Waals surface area contributed by atoms with Crippen molar-refractivity contribution in [3.8, 4) is 16.5 Å². The van der Waals surface area contributed by atoms with Crippen molar-refractivity contribution in [2.75, 3.05) is 14.1 Å². The first-order chi connectivity index (χ1) is 16.5. The number of nitrogens with one attached hydrogen (secondary N) is 1. The van der Waals surface area contributed by atoms with Crippen LogP contribution in [0.2, 0.25) is 0 Å². The molecular weight excluding hydrogens is 483 g/mol. The summed E-state index contributed by atoms with van der Waals surface area (Å²) in [6.07, 6.45) is 1.23. The molecule has 1 fully saturated rings. The number of alkyl halides is 3. The van der Waals surface area contributed by atoms with Gasteiger partial charge in [-0.25, -0.2) is 4.98 Å². The van der Waals surface area contributed by atoms with Gasteiger partial charge in [0.15, 0.2) is 0 Å². The summed E-state index contributed by atoms with van der Waals surface area (Å²) < 4.78 is 42.4. The highest BCUT2D eigenvalue weighted by Gasteiger charge is 2.33. The summed E-state index contributed by atoms with van der Waals surface area (Å²) in [5.74, 6) is -1.09. The standard InChI is InChI=1S/C23H22F3N5O3S/c1-12(18-19(28-7-6-27-18)21-29-11-17(35-21)22(33)31(2)3)30-20(32)15-8-14(13-4-5-13)9-16(10-15)34-23(24,25)26/h6-13H,4-5H2,1-3H3,(H,30,32)/t12-/m0/s1. The van der Waals surface area contributed by atoms with Gasteiger partial charge in [-0.15, -0.1) is 24.5 Å². The molecule has 1 saturated carbocycles. The van der Waals surface area contributed by atoms with E-state index in [4.69, 9.17) is 0 Å². The van der Waals surface area contributed by atoms with Gasteiger partial charge in [0.25, 0.3) is 11.8 Å². The van der Waals surface area contributed by atoms with Crippen LogP contribution in [0.1, 0.15) is 63.0 Å². The molecule has 1 atom stereocenters. The summed E-state index contributed by atoms with van der Waals surface area (Å²) in [6, 6.07) is 3.32. The van der Waals surface area contributed by atoms with Gasteiger partial charge in [0, 0.05) is 32.1 Å². The topological polar surface area (TPSA) is 97.3 Å². The molecule has 0 unspecified atom stereocenters. The summed E-state index contributed by atoms with van der Waals surface area (Å²) in [7, 11) is 3.27. The van der Waals surface area contributed by atoms with E-state index in [1.54, 1.807) is 27.1 Å². The molecule has 3 aromatic rings. The van der Waals surface area contributed by atoms with E-state index in [0.29, 0.717) is 26.8 Å². The van der Waals surface area contributed by atoms with Gasteiger partial charge in [0.2, 0.25) is 0 Å². The molecule has 0 spiro atoms. The Morgan fingerprint density at radius 2 is 1.86 bits per heavy atom. The average molecular weight is 506 g/mol. The van der Waals surface area contributed by atoms with Crippen LogP contribution in [-0.4, -0.2) is 52.1 Å². The molecule has 1 aliphatic carbocycles. The molecule has 1 N–H and O–H groups in total. The fraction of sp³-hybridized carbons (Fsp3) is 0.348. The van der Waals surface area contributed by atoms with Gasteiger partial charge >= 0.3 is 6.36 Å². The molecule has 35 heavy (non-hydrogen) atoms. The molecule has 2 amide bonds. The van der Waals surface area contributed by atoms with Gasteiger partial charge in [0.1, 0.15) is 21.3 Å². The number of ether oxygens (including phenoxy) is 1. The molecule has 1 aromatic carbocycles. The number of hydrogen-bond donors (Lipinski definition) is 1. The third-order valence-electron chi connectivity index (χ3n) is 5.28. The summed E-state index contributed by atoms with van der Waals surface area (Å²) >= 11 is 1.15. The van der Waals surface area contributed by atoms with E-state index in [-0.39, 0.29) is 17.4 Å². The number of carbonyl (C=O) groups is 2. The highest BCUT2D eigenvalue weighted by molar-refractivity contribution is 7.16. The third kappa shape index (κ3) is 5.94. The van der Waals surface area contributed by atoms with E-state index in [1.807, 2.05) is 0 Å². The molecule has 2 aromatic heterocycles. The highest BCUT2D eigenvalue weighted by atomic mass is 32.1. The number of halogens is 3. The Morgan fingerprint density at radius 3 is 2.51 bits per heavy atom. The smallest absolute Gasteiger partial charge is 0.406 e. The zero-order valence-corrected chi connectivity index (χ0v) is 19.9. The van der Waals surface area contributed by atoms with Gasteiger partial charge in [-0.2, -0.15) is 0 Å². The first-order valence-corrected chi connectivity index (χ1v) is 11.5. The predicted molar refractivity (Wildman–Crippen MR) is 122 cm³/mol. The minimum absolute atomic E-state index is 0.0547. The van der Waals surface area contributed by atoms with Crippen LogP contribution < -0.4 is 10.1 Å². The van der Waals surface area contributed by atoms with Crippen LogP contribution in [0.25, 0.3) is 10.7 Å². The van der Waals surface area contributed by atoms with Crippen LogP contribution in [0.4, 0.5) is 13.2 Å². The summed E-state index contributed by atoms with van der Waals surface area (Å²) in [4.78, 5) is 40.0. The number of hydrogen-bond acceptors (Lipinski definition) is 7. The van der Waals surface area contributed by atoms with Crippen LogP contribution in [0.5, 0.6) is 5.75 Å². The molecule has 1 aliphatic rings. The maximum atomic E-state index is 13.0. The third-order valence-corrected chi connectivity index (χ3v) is 6.27. The van der Waals surface area contributed by atoms with E-state index in [0.717, 1.165) is 30.2 Å². The number of amides is 2. The highest BCUT2D eigenvalue weighted by Crippen LogP contribution is 2.42. The summed E-state index contributed by atoms with van der Waals surface area (Å²) in [5, 5.41) is 3.23. The molecule has 0 bridgehead atoms. The van der Waals surface area contributed by atoms with Gasteiger partial charge in [-0.05, 0) is 49.4 Å². The largest absolute Gasteiger partial charge is 0.573 e. The zero-order valence-electron chi connectivity index (χ0n) is 19.1. The van der Waals surface area contributed by atoms with Gasteiger partial charge in [-0.3, -0.25) is 19.6 Å². The lowest BCUT2D eigenvalue weighted by molar-refractivity contribution is -0.274. The molecule has 0 radical (unpaired) electrons. The Bertz CT molecular complexity index is 1260. The molecule has 0 saturated heterocycles. The van der Waals surface area contributed by atoms with Crippen LogP contribution in [0.3, 0.4) is 0 Å². The monoisotopic (exact) mass is 505 g/mol. The zero-order chi connectivity index (χ0) is 25.3. The van der Waals surface area contributed by atoms with E-state index in [2.05, 4.69) is 25.0 Å². The van der Waals surface area contributed by atoms with E-state index in [9.17, 15) is 22.8 Å². The van der Waals surface area contributed by atoms with Crippen molar-refractivity contribution in [1.29, 1.82) is 0 Å². The van der Waals surface area contributed by atoms with Crippen molar-refractivity contribution in [2.24, 2.45) is 0 Å². The minimum Gasteiger partial charge on any atom is -0.406 e. The molecule has 12 heteroatoms. The SMILES string of the molecule is C[C@H](NC(=O)c1cc(OC(F)(F)F)cc(C2CC2)c1)c1nccnc1-c1ncc(C(=O)N(C)C)s1. The first kappa shape index (κ1) is 24.6. The Morgan fingerprint density at radius 1 is 1.14 bits per heavy atom. The summed E-state index contributed by atoms with van der Waals surface area (Å²) in [6.45, 7) is 1.68. The quantitative estimate of drug-likeness (QED) is 0.505. The van der Waals surface area contributed by atoms with E-state index < -0.39 is 24.1 Å². The lowest BCUT2D eigenvalue weighted by Gasteiger charge is -2.17. The second-order valence-electron chi connectivity index (χ2n) is 8.33. The Kier molecular flexibility index (Phi) is 6.75. The van der Waals surface area contributed by atoms with Crippen LogP contribution in [0, 0.1) is 0 Å². The van der Waals surface area contributed by atoms with E-state index in [1.165, 1.54) is 29.6 Å². The molecule has 184 valence electrons. The van der Waals surface area contributed by atoms with E-state index >= 15 is 0 Å². The predicted octanol–water partition coefficient (Wildman–Crippen LogP) is 4.57. The average Bonchev–Trinajstić information content (AvgIpc) is 3.54. The fourth-order valence-electron chi connectivity index (χ4n) is 3.48. The van der Waals surface area contributed by atoms with Crippen molar-refractivity contribution >= 4 is 23.2 Å². The Balaban J connectivity index is 1.58.